The second kappa shape index (κ2) is 8.01. The lowest BCUT2D eigenvalue weighted by Crippen LogP contribution is -2.26. The third-order valence-electron chi connectivity index (χ3n) is 3.57. The Morgan fingerprint density at radius 2 is 1.83 bits per heavy atom. The number of nitrogens with one attached hydrogen (secondary N) is 2. The Morgan fingerprint density at radius 1 is 1.17 bits per heavy atom. The van der Waals surface area contributed by atoms with Crippen LogP contribution in [0.2, 0.25) is 0 Å². The molecule has 1 heterocycles. The van der Waals surface area contributed by atoms with Gasteiger partial charge in [0.05, 0.1) is 14.2 Å². The van der Waals surface area contributed by atoms with E-state index >= 15 is 0 Å². The fourth-order valence-electron chi connectivity index (χ4n) is 2.22. The maximum Gasteiger partial charge on any atom is 0.267 e. The standard InChI is InChI=1S/C17H19BrN2O4/c1-10(21)12-6-14(20-9-12)17(22)19-5-4-11-7-15(23-2)16(24-3)8-13(11)18/h6-9,20H,4-5H2,1-3H3,(H,19,22). The van der Waals surface area contributed by atoms with Gasteiger partial charge in [0.2, 0.25) is 0 Å². The number of Topliss-reactive ketones (excluding diaryl/α,β-unsaturated/α-hetero) is 1. The van der Waals surface area contributed by atoms with Crippen LogP contribution >= 0.6 is 15.9 Å². The largest absolute Gasteiger partial charge is 0.493 e. The van der Waals surface area contributed by atoms with Gasteiger partial charge < -0.3 is 19.8 Å². The summed E-state index contributed by atoms with van der Waals surface area (Å²) in [6, 6.07) is 5.25. The van der Waals surface area contributed by atoms with Crippen molar-refractivity contribution in [3.05, 3.63) is 45.7 Å². The molecule has 0 unspecified atom stereocenters. The summed E-state index contributed by atoms with van der Waals surface area (Å²) in [6.45, 7) is 1.90. The molecule has 7 heteroatoms. The Kier molecular flexibility index (Phi) is 6.03. The zero-order valence-corrected chi connectivity index (χ0v) is 15.3. The maximum absolute atomic E-state index is 12.1. The van der Waals surface area contributed by atoms with Crippen molar-refractivity contribution >= 4 is 27.6 Å². The van der Waals surface area contributed by atoms with E-state index in [-0.39, 0.29) is 11.7 Å². The first-order valence-corrected chi connectivity index (χ1v) is 8.13. The van der Waals surface area contributed by atoms with Gasteiger partial charge in [-0.25, -0.2) is 0 Å². The number of aromatic nitrogens is 1. The van der Waals surface area contributed by atoms with E-state index in [9.17, 15) is 9.59 Å². The molecule has 2 aromatic rings. The molecule has 0 saturated carbocycles. The predicted octanol–water partition coefficient (Wildman–Crippen LogP) is 2.97. The van der Waals surface area contributed by atoms with E-state index in [1.54, 1.807) is 20.3 Å². The second-order valence-corrected chi connectivity index (χ2v) is 6.02. The monoisotopic (exact) mass is 394 g/mol. The fraction of sp³-hybridized carbons (Fsp3) is 0.294. The van der Waals surface area contributed by atoms with Gasteiger partial charge in [-0.15, -0.1) is 0 Å². The average molecular weight is 395 g/mol. The lowest BCUT2D eigenvalue weighted by Gasteiger charge is -2.12. The first-order chi connectivity index (χ1) is 11.5. The van der Waals surface area contributed by atoms with Crippen molar-refractivity contribution in [2.45, 2.75) is 13.3 Å². The van der Waals surface area contributed by atoms with Crippen LogP contribution in [0.5, 0.6) is 11.5 Å². The van der Waals surface area contributed by atoms with Crippen LogP contribution in [0.4, 0.5) is 0 Å². The van der Waals surface area contributed by atoms with Crippen molar-refractivity contribution in [3.63, 3.8) is 0 Å². The van der Waals surface area contributed by atoms with Crippen LogP contribution in [0.25, 0.3) is 0 Å². The summed E-state index contributed by atoms with van der Waals surface area (Å²) in [7, 11) is 3.16. The Morgan fingerprint density at radius 3 is 2.42 bits per heavy atom. The Balaban J connectivity index is 1.98. The highest BCUT2D eigenvalue weighted by Crippen LogP contribution is 2.33. The number of benzene rings is 1. The van der Waals surface area contributed by atoms with Crippen LogP contribution in [0.1, 0.15) is 33.3 Å². The van der Waals surface area contributed by atoms with Crippen LogP contribution in [-0.4, -0.2) is 37.4 Å². The van der Waals surface area contributed by atoms with Crippen molar-refractivity contribution in [1.29, 1.82) is 0 Å². The highest BCUT2D eigenvalue weighted by molar-refractivity contribution is 9.10. The Labute approximate surface area is 148 Å². The molecule has 6 nitrogen and oxygen atoms in total. The van der Waals surface area contributed by atoms with E-state index < -0.39 is 0 Å². The summed E-state index contributed by atoms with van der Waals surface area (Å²) in [5, 5.41) is 2.82. The fourth-order valence-corrected chi connectivity index (χ4v) is 2.74. The summed E-state index contributed by atoms with van der Waals surface area (Å²) in [5.41, 5.74) is 1.85. The summed E-state index contributed by atoms with van der Waals surface area (Å²) >= 11 is 3.49. The number of ether oxygens (including phenoxy) is 2. The second-order valence-electron chi connectivity index (χ2n) is 5.16. The Bertz CT molecular complexity index is 755. The number of aromatic amines is 1. The van der Waals surface area contributed by atoms with E-state index in [0.717, 1.165) is 10.0 Å². The molecule has 0 bridgehead atoms. The first-order valence-electron chi connectivity index (χ1n) is 7.34. The van der Waals surface area contributed by atoms with Crippen molar-refractivity contribution in [2.75, 3.05) is 20.8 Å². The third kappa shape index (κ3) is 4.17. The molecule has 1 aromatic carbocycles. The average Bonchev–Trinajstić information content (AvgIpc) is 3.06. The van der Waals surface area contributed by atoms with Crippen LogP contribution in [0.3, 0.4) is 0 Å². The lowest BCUT2D eigenvalue weighted by atomic mass is 10.1. The molecule has 128 valence electrons. The molecule has 0 aliphatic rings. The normalized spacial score (nSPS) is 10.3. The molecule has 0 aliphatic heterocycles. The number of hydrogen-bond donors (Lipinski definition) is 2. The molecule has 0 saturated heterocycles. The Hall–Kier alpha value is -2.28. The van der Waals surface area contributed by atoms with Crippen molar-refractivity contribution in [1.82, 2.24) is 10.3 Å². The highest BCUT2D eigenvalue weighted by Gasteiger charge is 2.12. The molecular formula is C17H19BrN2O4. The third-order valence-corrected chi connectivity index (χ3v) is 4.30. The van der Waals surface area contributed by atoms with Crippen LogP contribution in [0.15, 0.2) is 28.9 Å². The van der Waals surface area contributed by atoms with E-state index in [2.05, 4.69) is 26.2 Å². The highest BCUT2D eigenvalue weighted by atomic mass is 79.9. The zero-order chi connectivity index (χ0) is 17.7. The number of methoxy groups -OCH3 is 2. The number of hydrogen-bond acceptors (Lipinski definition) is 4. The number of rotatable bonds is 7. The molecule has 0 fully saturated rings. The molecule has 1 aromatic heterocycles. The van der Waals surface area contributed by atoms with Gasteiger partial charge in [-0.05, 0) is 37.1 Å². The van der Waals surface area contributed by atoms with Gasteiger partial charge in [-0.3, -0.25) is 9.59 Å². The number of ketones is 1. The van der Waals surface area contributed by atoms with Gasteiger partial charge in [-0.2, -0.15) is 0 Å². The maximum atomic E-state index is 12.1. The minimum absolute atomic E-state index is 0.0837. The quantitative estimate of drug-likeness (QED) is 0.707. The minimum atomic E-state index is -0.251. The zero-order valence-electron chi connectivity index (χ0n) is 13.7. The summed E-state index contributed by atoms with van der Waals surface area (Å²) < 4.78 is 11.4. The smallest absolute Gasteiger partial charge is 0.267 e. The number of H-pyrrole nitrogens is 1. The van der Waals surface area contributed by atoms with Gasteiger partial charge in [0, 0.05) is 22.8 Å². The van der Waals surface area contributed by atoms with Crippen molar-refractivity contribution in [3.8, 4) is 11.5 Å². The number of amides is 1. The number of carbonyl (C=O) groups excluding carboxylic acids is 2. The minimum Gasteiger partial charge on any atom is -0.493 e. The number of halogens is 1. The molecule has 1 amide bonds. The van der Waals surface area contributed by atoms with Gasteiger partial charge in [-0.1, -0.05) is 15.9 Å². The SMILES string of the molecule is COc1cc(Br)c(CCNC(=O)c2cc(C(C)=O)c[nH]2)cc1OC. The molecule has 0 atom stereocenters. The molecule has 2 rings (SSSR count). The van der Waals surface area contributed by atoms with E-state index in [4.69, 9.17) is 9.47 Å². The van der Waals surface area contributed by atoms with Crippen LogP contribution in [0, 0.1) is 0 Å². The molecule has 0 spiro atoms. The molecular weight excluding hydrogens is 376 g/mol. The van der Waals surface area contributed by atoms with Crippen molar-refractivity contribution < 1.29 is 19.1 Å². The topological polar surface area (TPSA) is 80.4 Å². The lowest BCUT2D eigenvalue weighted by molar-refractivity contribution is 0.0949. The van der Waals surface area contributed by atoms with Crippen LogP contribution < -0.4 is 14.8 Å². The van der Waals surface area contributed by atoms with Gasteiger partial charge in [0.15, 0.2) is 17.3 Å². The summed E-state index contributed by atoms with van der Waals surface area (Å²) in [5.74, 6) is 0.941. The van der Waals surface area contributed by atoms with Gasteiger partial charge in [0.25, 0.3) is 5.91 Å². The molecule has 0 radical (unpaired) electrons. The van der Waals surface area contributed by atoms with Gasteiger partial charge >= 0.3 is 0 Å². The van der Waals surface area contributed by atoms with Gasteiger partial charge in [0.1, 0.15) is 5.69 Å². The summed E-state index contributed by atoms with van der Waals surface area (Å²) in [4.78, 5) is 26.1. The predicted molar refractivity (Wildman–Crippen MR) is 94.1 cm³/mol. The van der Waals surface area contributed by atoms with Crippen molar-refractivity contribution in [2.24, 2.45) is 0 Å². The van der Waals surface area contributed by atoms with E-state index in [1.807, 2.05) is 12.1 Å². The first kappa shape index (κ1) is 18.1. The number of carbonyl (C=O) groups is 2. The molecule has 0 aliphatic carbocycles. The molecule has 24 heavy (non-hydrogen) atoms. The van der Waals surface area contributed by atoms with E-state index in [0.29, 0.717) is 35.7 Å². The summed E-state index contributed by atoms with van der Waals surface area (Å²) in [6.07, 6.45) is 2.15. The van der Waals surface area contributed by atoms with E-state index in [1.165, 1.54) is 13.1 Å². The molecule has 2 N–H and O–H groups in total. The van der Waals surface area contributed by atoms with Crippen LogP contribution in [-0.2, 0) is 6.42 Å².